The Morgan fingerprint density at radius 2 is 2.06 bits per heavy atom. The van der Waals surface area contributed by atoms with Gasteiger partial charge in [-0.1, -0.05) is 29.8 Å². The first kappa shape index (κ1) is 21.2. The van der Waals surface area contributed by atoms with Crippen molar-refractivity contribution in [3.63, 3.8) is 0 Å². The Kier molecular flexibility index (Phi) is 5.88. The van der Waals surface area contributed by atoms with E-state index in [-0.39, 0.29) is 18.1 Å². The van der Waals surface area contributed by atoms with E-state index in [1.807, 2.05) is 12.1 Å². The molecule has 3 amide bonds. The largest absolute Gasteiger partial charge is 0.360 e. The van der Waals surface area contributed by atoms with Crippen LogP contribution in [0.4, 0.5) is 10.5 Å². The number of benzene rings is 2. The number of hydrogen-bond donors (Lipinski definition) is 2. The van der Waals surface area contributed by atoms with Crippen LogP contribution in [0.25, 0.3) is 10.9 Å². The Balaban J connectivity index is 1.39. The minimum absolute atomic E-state index is 0.0545. The van der Waals surface area contributed by atoms with Crippen molar-refractivity contribution in [3.8, 4) is 0 Å². The number of nitro benzene ring substituents is 1. The summed E-state index contributed by atoms with van der Waals surface area (Å²) in [5.41, 5.74) is 2.35. The van der Waals surface area contributed by atoms with E-state index in [0.717, 1.165) is 21.4 Å². The highest BCUT2D eigenvalue weighted by atomic mass is 35.5. The summed E-state index contributed by atoms with van der Waals surface area (Å²) in [6, 6.07) is 9.48. The molecule has 31 heavy (non-hydrogen) atoms. The molecule has 1 aliphatic heterocycles. The number of aromatic amines is 1. The normalized spacial score (nSPS) is 16.2. The second-order valence-electron chi connectivity index (χ2n) is 7.23. The molecule has 0 aliphatic carbocycles. The fraction of sp³-hybridized carbons (Fsp3) is 0.238. The van der Waals surface area contributed by atoms with Gasteiger partial charge in [-0.2, -0.15) is 0 Å². The van der Waals surface area contributed by atoms with Gasteiger partial charge in [-0.25, -0.2) is 4.79 Å². The molecule has 2 N–H and O–H groups in total. The summed E-state index contributed by atoms with van der Waals surface area (Å²) in [7, 11) is 0. The maximum absolute atomic E-state index is 12.8. The number of H-pyrrole nitrogens is 1. The number of amides is 3. The number of aromatic nitrogens is 1. The van der Waals surface area contributed by atoms with Crippen LogP contribution in [-0.4, -0.2) is 45.1 Å². The lowest BCUT2D eigenvalue weighted by molar-refractivity contribution is -0.385. The predicted molar refractivity (Wildman–Crippen MR) is 120 cm³/mol. The molecule has 3 aromatic rings. The van der Waals surface area contributed by atoms with Gasteiger partial charge in [0.2, 0.25) is 0 Å². The predicted octanol–water partition coefficient (Wildman–Crippen LogP) is 4.29. The van der Waals surface area contributed by atoms with Crippen molar-refractivity contribution in [2.45, 2.75) is 24.3 Å². The molecule has 0 spiro atoms. The van der Waals surface area contributed by atoms with Crippen molar-refractivity contribution in [1.29, 1.82) is 0 Å². The van der Waals surface area contributed by atoms with E-state index in [2.05, 4.69) is 10.3 Å². The van der Waals surface area contributed by atoms with Crippen molar-refractivity contribution in [2.75, 3.05) is 12.3 Å². The number of nitrogens with zero attached hydrogens (tertiary/aromatic N) is 2. The van der Waals surface area contributed by atoms with Gasteiger partial charge in [0.15, 0.2) is 0 Å². The number of carbonyl (C=O) groups excluding carboxylic acids is 2. The highest BCUT2D eigenvalue weighted by Crippen LogP contribution is 2.28. The minimum Gasteiger partial charge on any atom is -0.360 e. The Bertz CT molecular complexity index is 1200. The highest BCUT2D eigenvalue weighted by Gasteiger charge is 2.37. The third-order valence-electron chi connectivity index (χ3n) is 5.24. The molecule has 0 radical (unpaired) electrons. The quantitative estimate of drug-likeness (QED) is 0.237. The Labute approximate surface area is 187 Å². The molecule has 8 nitrogen and oxygen atoms in total. The summed E-state index contributed by atoms with van der Waals surface area (Å²) in [6.07, 6.45) is 2.16. The maximum atomic E-state index is 12.8. The molecular weight excluding hydrogens is 440 g/mol. The molecule has 1 aromatic heterocycles. The zero-order valence-corrected chi connectivity index (χ0v) is 18.1. The third-order valence-corrected chi connectivity index (χ3v) is 6.53. The SMILES string of the molecule is Cc1ccc(SCCN2C(=O)NC(Cc3c[nH]c4c(Cl)cccc34)C2=O)cc1[N+](=O)[O-]. The van der Waals surface area contributed by atoms with E-state index in [0.29, 0.717) is 22.8 Å². The van der Waals surface area contributed by atoms with Gasteiger partial charge in [-0.05, 0) is 24.6 Å². The molecule has 1 aliphatic rings. The molecule has 1 unspecified atom stereocenters. The number of fused-ring (bicyclic) bond motifs is 1. The van der Waals surface area contributed by atoms with Crippen LogP contribution in [0, 0.1) is 17.0 Å². The number of para-hydroxylation sites is 1. The molecule has 1 fully saturated rings. The third kappa shape index (κ3) is 4.24. The molecule has 0 saturated carbocycles. The van der Waals surface area contributed by atoms with Crippen LogP contribution in [-0.2, 0) is 11.2 Å². The van der Waals surface area contributed by atoms with Crippen LogP contribution in [0.3, 0.4) is 0 Å². The lowest BCUT2D eigenvalue weighted by Gasteiger charge is -2.13. The zero-order valence-electron chi connectivity index (χ0n) is 16.6. The smallest absolute Gasteiger partial charge is 0.324 e. The Morgan fingerprint density at radius 3 is 2.84 bits per heavy atom. The van der Waals surface area contributed by atoms with E-state index >= 15 is 0 Å². The van der Waals surface area contributed by atoms with Crippen LogP contribution in [0.1, 0.15) is 11.1 Å². The molecule has 0 bridgehead atoms. The number of imide groups is 1. The molecule has 2 heterocycles. The van der Waals surface area contributed by atoms with Crippen molar-refractivity contribution >= 4 is 51.9 Å². The standard InChI is InChI=1S/C21H19ClN4O4S/c1-12-5-6-14(10-18(12)26(29)30)31-8-7-25-20(27)17(24-21(25)28)9-13-11-23-19-15(13)3-2-4-16(19)22/h2-6,10-11,17,23H,7-9H2,1H3,(H,24,28). The van der Waals surface area contributed by atoms with Crippen LogP contribution in [0.15, 0.2) is 47.5 Å². The molecule has 10 heteroatoms. The van der Waals surface area contributed by atoms with Crippen molar-refractivity contribution in [3.05, 3.63) is 68.9 Å². The number of carbonyl (C=O) groups is 2. The first-order valence-corrected chi connectivity index (χ1v) is 11.0. The lowest BCUT2D eigenvalue weighted by atomic mass is 10.1. The van der Waals surface area contributed by atoms with Gasteiger partial charge in [0.25, 0.3) is 11.6 Å². The Morgan fingerprint density at radius 1 is 1.26 bits per heavy atom. The lowest BCUT2D eigenvalue weighted by Crippen LogP contribution is -2.34. The van der Waals surface area contributed by atoms with Crippen molar-refractivity contribution < 1.29 is 14.5 Å². The first-order valence-electron chi connectivity index (χ1n) is 9.59. The summed E-state index contributed by atoms with van der Waals surface area (Å²) in [5, 5.41) is 15.4. The van der Waals surface area contributed by atoms with Crippen LogP contribution >= 0.6 is 23.4 Å². The zero-order chi connectivity index (χ0) is 22.1. The molecule has 2 aromatic carbocycles. The second-order valence-corrected chi connectivity index (χ2v) is 8.80. The van der Waals surface area contributed by atoms with Gasteiger partial charge in [0, 0.05) is 46.8 Å². The molecular formula is C21H19ClN4O4S. The molecule has 1 atom stereocenters. The van der Waals surface area contributed by atoms with Crippen molar-refractivity contribution in [2.24, 2.45) is 0 Å². The minimum atomic E-state index is -0.643. The van der Waals surface area contributed by atoms with E-state index in [1.165, 1.54) is 22.7 Å². The van der Waals surface area contributed by atoms with Gasteiger partial charge in [-0.3, -0.25) is 19.8 Å². The maximum Gasteiger partial charge on any atom is 0.324 e. The van der Waals surface area contributed by atoms with Crippen LogP contribution < -0.4 is 5.32 Å². The fourth-order valence-corrected chi connectivity index (χ4v) is 4.72. The number of aryl methyl sites for hydroxylation is 1. The Hall–Kier alpha value is -3.04. The molecule has 160 valence electrons. The summed E-state index contributed by atoms with van der Waals surface area (Å²) in [5.74, 6) is 0.159. The average molecular weight is 459 g/mol. The number of thioether (sulfide) groups is 1. The summed E-state index contributed by atoms with van der Waals surface area (Å²) in [6.45, 7) is 1.90. The monoisotopic (exact) mass is 458 g/mol. The number of nitro groups is 1. The summed E-state index contributed by atoms with van der Waals surface area (Å²) >= 11 is 7.55. The van der Waals surface area contributed by atoms with Crippen LogP contribution in [0.2, 0.25) is 5.02 Å². The number of urea groups is 1. The van der Waals surface area contributed by atoms with Gasteiger partial charge >= 0.3 is 6.03 Å². The van der Waals surface area contributed by atoms with E-state index in [9.17, 15) is 19.7 Å². The number of hydrogen-bond acceptors (Lipinski definition) is 5. The van der Waals surface area contributed by atoms with Gasteiger partial charge in [-0.15, -0.1) is 11.8 Å². The van der Waals surface area contributed by atoms with E-state index < -0.39 is 17.0 Å². The first-order chi connectivity index (χ1) is 14.8. The number of rotatable bonds is 7. The van der Waals surface area contributed by atoms with Gasteiger partial charge in [0.05, 0.1) is 15.5 Å². The van der Waals surface area contributed by atoms with Crippen LogP contribution in [0.5, 0.6) is 0 Å². The van der Waals surface area contributed by atoms with E-state index in [4.69, 9.17) is 11.6 Å². The van der Waals surface area contributed by atoms with E-state index in [1.54, 1.807) is 31.3 Å². The number of halogens is 1. The fourth-order valence-electron chi connectivity index (χ4n) is 3.62. The van der Waals surface area contributed by atoms with Gasteiger partial charge < -0.3 is 10.3 Å². The second kappa shape index (κ2) is 8.60. The van der Waals surface area contributed by atoms with Gasteiger partial charge in [0.1, 0.15) is 6.04 Å². The molecule has 4 rings (SSSR count). The topological polar surface area (TPSA) is 108 Å². The molecule has 1 saturated heterocycles. The summed E-state index contributed by atoms with van der Waals surface area (Å²) in [4.78, 5) is 40.8. The summed E-state index contributed by atoms with van der Waals surface area (Å²) < 4.78 is 0. The highest BCUT2D eigenvalue weighted by molar-refractivity contribution is 7.99. The van der Waals surface area contributed by atoms with Crippen molar-refractivity contribution in [1.82, 2.24) is 15.2 Å². The number of nitrogens with one attached hydrogen (secondary N) is 2. The average Bonchev–Trinajstić information content (AvgIpc) is 3.26.